The van der Waals surface area contributed by atoms with E-state index in [2.05, 4.69) is 115 Å². The largest absolute Gasteiger partial charge is 0.493 e. The quantitative estimate of drug-likeness (QED) is 0.134. The molecule has 4 rings (SSSR count). The molecule has 0 aliphatic carbocycles. The van der Waals surface area contributed by atoms with Gasteiger partial charge in [-0.3, -0.25) is 4.79 Å². The van der Waals surface area contributed by atoms with Gasteiger partial charge in [-0.15, -0.1) is 0 Å². The van der Waals surface area contributed by atoms with Crippen LogP contribution in [0.5, 0.6) is 5.75 Å². The molecule has 0 spiro atoms. The van der Waals surface area contributed by atoms with E-state index in [0.29, 0.717) is 19.6 Å². The molecule has 3 nitrogen and oxygen atoms in total. The predicted octanol–water partition coefficient (Wildman–Crippen LogP) is 4.42. The molecule has 0 heterocycles. The molecular formula is C32H34O3Si. The van der Waals surface area contributed by atoms with Crippen LogP contribution in [0.15, 0.2) is 115 Å². The highest BCUT2D eigenvalue weighted by molar-refractivity contribution is 7.19. The van der Waals surface area contributed by atoms with Gasteiger partial charge in [-0.25, -0.2) is 0 Å². The summed E-state index contributed by atoms with van der Waals surface area (Å²) in [6.45, 7) is 4.77. The Kier molecular flexibility index (Phi) is 8.74. The second-order valence-electron chi connectivity index (χ2n) is 9.05. The minimum absolute atomic E-state index is 0.0539. The minimum atomic E-state index is -2.51. The van der Waals surface area contributed by atoms with Crippen molar-refractivity contribution < 1.29 is 14.3 Å². The normalized spacial score (nSPS) is 12.1. The maximum Gasteiger partial charge on any atom is 0.308 e. The number of ether oxygens (including phenoxy) is 2. The summed E-state index contributed by atoms with van der Waals surface area (Å²) < 4.78 is 11.3. The first-order chi connectivity index (χ1) is 17.7. The second-order valence-corrected chi connectivity index (χ2v) is 12.9. The van der Waals surface area contributed by atoms with Gasteiger partial charge in [-0.1, -0.05) is 117 Å². The van der Waals surface area contributed by atoms with Crippen LogP contribution < -0.4 is 25.5 Å². The van der Waals surface area contributed by atoms with Gasteiger partial charge < -0.3 is 9.47 Å². The molecule has 0 saturated carbocycles. The van der Waals surface area contributed by atoms with E-state index in [1.54, 1.807) is 0 Å². The molecule has 4 aromatic rings. The average molecular weight is 495 g/mol. The van der Waals surface area contributed by atoms with E-state index in [9.17, 15) is 4.79 Å². The van der Waals surface area contributed by atoms with Crippen molar-refractivity contribution in [2.45, 2.75) is 26.7 Å². The molecule has 1 unspecified atom stereocenters. The first-order valence-corrected chi connectivity index (χ1v) is 14.7. The minimum Gasteiger partial charge on any atom is -0.493 e. The summed E-state index contributed by atoms with van der Waals surface area (Å²) in [5.41, 5.74) is 0. The smallest absolute Gasteiger partial charge is 0.308 e. The molecule has 0 aliphatic heterocycles. The third-order valence-electron chi connectivity index (χ3n) is 6.72. The van der Waals surface area contributed by atoms with Crippen molar-refractivity contribution >= 4 is 34.8 Å². The second kappa shape index (κ2) is 12.4. The van der Waals surface area contributed by atoms with Crippen LogP contribution in [0.3, 0.4) is 0 Å². The molecule has 0 radical (unpaired) electrons. The molecule has 0 N–H and O–H groups in total. The van der Waals surface area contributed by atoms with E-state index in [1.807, 2.05) is 13.8 Å². The number of rotatable bonds is 11. The summed E-state index contributed by atoms with van der Waals surface area (Å²) in [7, 11) is -2.51. The van der Waals surface area contributed by atoms with E-state index >= 15 is 0 Å². The Balaban J connectivity index is 1.60. The van der Waals surface area contributed by atoms with Gasteiger partial charge in [0.1, 0.15) is 5.75 Å². The Morgan fingerprint density at radius 2 is 1.11 bits per heavy atom. The molecule has 0 aromatic heterocycles. The highest BCUT2D eigenvalue weighted by Gasteiger charge is 2.41. The first kappa shape index (κ1) is 25.5. The standard InChI is InChI=1S/C32H34O3Si/c1-3-26(2)32(33)35-25-13-24-34-27-20-22-31(23-21-27)36(28-14-7-4-8-15-28,29-16-9-5-10-17-29)30-18-11-6-12-19-30/h4-12,14-23,26H,3,13,24-25H2,1-2H3. The van der Waals surface area contributed by atoms with E-state index in [4.69, 9.17) is 9.47 Å². The van der Waals surface area contributed by atoms with Gasteiger partial charge in [0.25, 0.3) is 0 Å². The van der Waals surface area contributed by atoms with Crippen LogP contribution in [0.4, 0.5) is 0 Å². The third-order valence-corrected chi connectivity index (χ3v) is 11.5. The van der Waals surface area contributed by atoms with Crippen LogP contribution in [0.2, 0.25) is 0 Å². The summed E-state index contributed by atoms with van der Waals surface area (Å²) in [6.07, 6.45) is 1.46. The van der Waals surface area contributed by atoms with Crippen molar-refractivity contribution in [3.63, 3.8) is 0 Å². The van der Waals surface area contributed by atoms with Crippen molar-refractivity contribution in [2.75, 3.05) is 13.2 Å². The fraction of sp³-hybridized carbons (Fsp3) is 0.219. The zero-order chi connectivity index (χ0) is 25.2. The SMILES string of the molecule is CCC(C)C(=O)OCCCOc1ccc([Si](c2ccccc2)(c2ccccc2)c2ccccc2)cc1. The number of benzene rings is 4. The van der Waals surface area contributed by atoms with Crippen molar-refractivity contribution in [1.29, 1.82) is 0 Å². The molecule has 0 bridgehead atoms. The lowest BCUT2D eigenvalue weighted by Gasteiger charge is -2.34. The Hall–Kier alpha value is -3.63. The summed E-state index contributed by atoms with van der Waals surface area (Å²) in [5.74, 6) is 0.636. The zero-order valence-corrected chi connectivity index (χ0v) is 22.1. The van der Waals surface area contributed by atoms with Crippen molar-refractivity contribution in [2.24, 2.45) is 5.92 Å². The lowest BCUT2D eigenvalue weighted by atomic mass is 10.1. The lowest BCUT2D eigenvalue weighted by Crippen LogP contribution is -2.74. The fourth-order valence-electron chi connectivity index (χ4n) is 4.60. The Labute approximate surface area is 215 Å². The van der Waals surface area contributed by atoms with Gasteiger partial charge in [-0.2, -0.15) is 0 Å². The van der Waals surface area contributed by atoms with Crippen molar-refractivity contribution in [3.05, 3.63) is 115 Å². The molecule has 4 heteroatoms. The fourth-order valence-corrected chi connectivity index (χ4v) is 9.34. The van der Waals surface area contributed by atoms with Crippen LogP contribution in [0.25, 0.3) is 0 Å². The Morgan fingerprint density at radius 3 is 1.56 bits per heavy atom. The summed E-state index contributed by atoms with van der Waals surface area (Å²) >= 11 is 0. The van der Waals surface area contributed by atoms with Gasteiger partial charge in [-0.05, 0) is 39.3 Å². The molecule has 184 valence electrons. The number of esters is 1. The zero-order valence-electron chi connectivity index (χ0n) is 21.1. The van der Waals surface area contributed by atoms with Gasteiger partial charge in [0.05, 0.1) is 19.1 Å². The number of hydrogen-bond donors (Lipinski definition) is 0. The Morgan fingerprint density at radius 1 is 0.667 bits per heavy atom. The molecule has 0 saturated heterocycles. The maximum absolute atomic E-state index is 11.8. The maximum atomic E-state index is 11.8. The van der Waals surface area contributed by atoms with E-state index in [1.165, 1.54) is 20.7 Å². The number of hydrogen-bond acceptors (Lipinski definition) is 3. The van der Waals surface area contributed by atoms with Gasteiger partial charge in [0.2, 0.25) is 0 Å². The number of carbonyl (C=O) groups is 1. The highest BCUT2D eigenvalue weighted by Crippen LogP contribution is 2.14. The topological polar surface area (TPSA) is 35.5 Å². The predicted molar refractivity (Wildman–Crippen MR) is 151 cm³/mol. The van der Waals surface area contributed by atoms with Gasteiger partial charge in [0, 0.05) is 6.42 Å². The van der Waals surface area contributed by atoms with Gasteiger partial charge >= 0.3 is 5.97 Å². The first-order valence-electron chi connectivity index (χ1n) is 12.7. The van der Waals surface area contributed by atoms with E-state index < -0.39 is 8.07 Å². The molecule has 0 amide bonds. The van der Waals surface area contributed by atoms with Crippen molar-refractivity contribution in [3.8, 4) is 5.75 Å². The average Bonchev–Trinajstić information content (AvgIpc) is 2.95. The van der Waals surface area contributed by atoms with Crippen LogP contribution in [0, 0.1) is 5.92 Å². The molecule has 0 aliphatic rings. The van der Waals surface area contributed by atoms with E-state index in [0.717, 1.165) is 12.2 Å². The monoisotopic (exact) mass is 494 g/mol. The van der Waals surface area contributed by atoms with Crippen LogP contribution in [0.1, 0.15) is 26.7 Å². The van der Waals surface area contributed by atoms with E-state index in [-0.39, 0.29) is 11.9 Å². The van der Waals surface area contributed by atoms with Crippen LogP contribution in [-0.4, -0.2) is 27.3 Å². The number of carbonyl (C=O) groups excluding carboxylic acids is 1. The van der Waals surface area contributed by atoms with Crippen LogP contribution in [-0.2, 0) is 9.53 Å². The Bertz CT molecular complexity index is 1110. The lowest BCUT2D eigenvalue weighted by molar-refractivity contribution is -0.148. The molecular weight excluding hydrogens is 460 g/mol. The molecule has 4 aromatic carbocycles. The molecule has 36 heavy (non-hydrogen) atoms. The third kappa shape index (κ3) is 5.60. The summed E-state index contributed by atoms with van der Waals surface area (Å²) in [5, 5.41) is 5.35. The highest BCUT2D eigenvalue weighted by atomic mass is 28.3. The van der Waals surface area contributed by atoms with Crippen molar-refractivity contribution in [1.82, 2.24) is 0 Å². The van der Waals surface area contributed by atoms with Crippen LogP contribution >= 0.6 is 0 Å². The van der Waals surface area contributed by atoms with Gasteiger partial charge in [0.15, 0.2) is 8.07 Å². The molecule has 0 fully saturated rings. The summed E-state index contributed by atoms with van der Waals surface area (Å²) in [6, 6.07) is 41.2. The molecule has 1 atom stereocenters. The summed E-state index contributed by atoms with van der Waals surface area (Å²) in [4.78, 5) is 11.8.